The van der Waals surface area contributed by atoms with Gasteiger partial charge in [-0.1, -0.05) is 11.6 Å². The molecule has 0 radical (unpaired) electrons. The van der Waals surface area contributed by atoms with Crippen LogP contribution in [0.4, 0.5) is 24.5 Å². The molecule has 1 N–H and O–H groups in total. The molecule has 0 atom stereocenters. The summed E-state index contributed by atoms with van der Waals surface area (Å²) in [6, 6.07) is 5.20. The van der Waals surface area contributed by atoms with Crippen LogP contribution in [0, 0.1) is 0 Å². The summed E-state index contributed by atoms with van der Waals surface area (Å²) in [6.07, 6.45) is -3.25. The minimum Gasteiger partial charge on any atom is -0.378 e. The van der Waals surface area contributed by atoms with E-state index in [2.05, 4.69) is 26.2 Å². The minimum atomic E-state index is -4.63. The fraction of sp³-hybridized carbons (Fsp3) is 0.294. The SMILES string of the molecule is O=C(Nc1ccc(N2CCOCC2)cc1C(F)(F)F)c1cc(Br)cnc1Cl. The number of nitrogens with one attached hydrogen (secondary N) is 1. The van der Waals surface area contributed by atoms with E-state index in [1.165, 1.54) is 24.4 Å². The molecule has 2 heterocycles. The molecule has 1 aliphatic heterocycles. The first kappa shape index (κ1) is 19.9. The van der Waals surface area contributed by atoms with Crippen molar-refractivity contribution in [1.82, 2.24) is 4.98 Å². The summed E-state index contributed by atoms with van der Waals surface area (Å²) in [5, 5.41) is 2.18. The van der Waals surface area contributed by atoms with Gasteiger partial charge in [0.15, 0.2) is 0 Å². The quantitative estimate of drug-likeness (QED) is 0.675. The average molecular weight is 465 g/mol. The van der Waals surface area contributed by atoms with E-state index < -0.39 is 17.6 Å². The number of carbonyl (C=O) groups excluding carboxylic acids is 1. The number of pyridine rings is 1. The molecule has 1 aromatic carbocycles. The van der Waals surface area contributed by atoms with Gasteiger partial charge in [-0.2, -0.15) is 13.2 Å². The van der Waals surface area contributed by atoms with Crippen molar-refractivity contribution in [2.75, 3.05) is 36.5 Å². The smallest absolute Gasteiger partial charge is 0.378 e. The van der Waals surface area contributed by atoms with Gasteiger partial charge in [0, 0.05) is 29.4 Å². The summed E-state index contributed by atoms with van der Waals surface area (Å²) in [4.78, 5) is 18.0. The number of morpholine rings is 1. The van der Waals surface area contributed by atoms with Crippen molar-refractivity contribution in [3.63, 3.8) is 0 Å². The van der Waals surface area contributed by atoms with Gasteiger partial charge in [-0.25, -0.2) is 4.98 Å². The highest BCUT2D eigenvalue weighted by Gasteiger charge is 2.35. The first-order valence-electron chi connectivity index (χ1n) is 7.92. The second kappa shape index (κ2) is 8.04. The van der Waals surface area contributed by atoms with Crippen molar-refractivity contribution < 1.29 is 22.7 Å². The van der Waals surface area contributed by atoms with E-state index in [9.17, 15) is 18.0 Å². The number of nitrogens with zero attached hydrogens (tertiary/aromatic N) is 2. The molecule has 2 aromatic rings. The molecule has 0 spiro atoms. The topological polar surface area (TPSA) is 54.5 Å². The van der Waals surface area contributed by atoms with Crippen LogP contribution >= 0.6 is 27.5 Å². The van der Waals surface area contributed by atoms with Gasteiger partial charge in [-0.05, 0) is 40.2 Å². The zero-order valence-electron chi connectivity index (χ0n) is 13.8. The Hall–Kier alpha value is -1.84. The summed E-state index contributed by atoms with van der Waals surface area (Å²) in [6.45, 7) is 1.91. The molecule has 1 amide bonds. The first-order valence-corrected chi connectivity index (χ1v) is 9.09. The van der Waals surface area contributed by atoms with Gasteiger partial charge in [-0.15, -0.1) is 0 Å². The molecule has 1 aromatic heterocycles. The summed E-state index contributed by atoms with van der Waals surface area (Å²) in [7, 11) is 0. The molecule has 0 unspecified atom stereocenters. The third-order valence-electron chi connectivity index (χ3n) is 3.98. The Morgan fingerprint density at radius 3 is 2.63 bits per heavy atom. The van der Waals surface area contributed by atoms with Crippen LogP contribution in [0.15, 0.2) is 34.9 Å². The van der Waals surface area contributed by atoms with E-state index in [1.807, 2.05) is 0 Å². The lowest BCUT2D eigenvalue weighted by Crippen LogP contribution is -2.36. The van der Waals surface area contributed by atoms with Crippen LogP contribution in [0.1, 0.15) is 15.9 Å². The van der Waals surface area contributed by atoms with Crippen LogP contribution in [0.5, 0.6) is 0 Å². The largest absolute Gasteiger partial charge is 0.418 e. The third kappa shape index (κ3) is 4.72. The molecule has 1 fully saturated rings. The number of benzene rings is 1. The molecule has 1 aliphatic rings. The number of alkyl halides is 3. The Morgan fingerprint density at radius 1 is 1.26 bits per heavy atom. The molecule has 0 saturated carbocycles. The summed E-state index contributed by atoms with van der Waals surface area (Å²) < 4.78 is 46.4. The second-order valence-corrected chi connectivity index (χ2v) is 7.05. The molecule has 1 saturated heterocycles. The maximum atomic E-state index is 13.6. The molecule has 27 heavy (non-hydrogen) atoms. The lowest BCUT2D eigenvalue weighted by molar-refractivity contribution is -0.136. The van der Waals surface area contributed by atoms with E-state index in [-0.39, 0.29) is 16.4 Å². The van der Waals surface area contributed by atoms with E-state index in [0.29, 0.717) is 36.5 Å². The number of anilines is 2. The van der Waals surface area contributed by atoms with E-state index in [4.69, 9.17) is 16.3 Å². The lowest BCUT2D eigenvalue weighted by atomic mass is 10.1. The zero-order valence-corrected chi connectivity index (χ0v) is 16.2. The Bertz CT molecular complexity index is 858. The van der Waals surface area contributed by atoms with Crippen LogP contribution in [-0.4, -0.2) is 37.2 Å². The van der Waals surface area contributed by atoms with Gasteiger partial charge in [0.2, 0.25) is 0 Å². The standard InChI is InChI=1S/C17H14BrClF3N3O2/c18-10-7-12(15(19)23-9-10)16(26)24-14-2-1-11(8-13(14)17(20,21)22)25-3-5-27-6-4-25/h1-2,7-9H,3-6H2,(H,24,26). The van der Waals surface area contributed by atoms with Gasteiger partial charge < -0.3 is 15.0 Å². The number of ether oxygens (including phenoxy) is 1. The Balaban J connectivity index is 1.92. The number of aromatic nitrogens is 1. The van der Waals surface area contributed by atoms with Crippen molar-refractivity contribution in [2.24, 2.45) is 0 Å². The van der Waals surface area contributed by atoms with Crippen LogP contribution in [0.25, 0.3) is 0 Å². The highest BCUT2D eigenvalue weighted by molar-refractivity contribution is 9.10. The van der Waals surface area contributed by atoms with Crippen molar-refractivity contribution in [1.29, 1.82) is 0 Å². The fourth-order valence-electron chi connectivity index (χ4n) is 2.67. The van der Waals surface area contributed by atoms with E-state index in [1.54, 1.807) is 4.90 Å². The summed E-state index contributed by atoms with van der Waals surface area (Å²) >= 11 is 9.03. The predicted octanol–water partition coefficient (Wildman–Crippen LogP) is 4.61. The van der Waals surface area contributed by atoms with Crippen LogP contribution in [-0.2, 0) is 10.9 Å². The number of rotatable bonds is 3. The molecule has 144 valence electrons. The molecule has 0 bridgehead atoms. The van der Waals surface area contributed by atoms with E-state index in [0.717, 1.165) is 6.07 Å². The van der Waals surface area contributed by atoms with Gasteiger partial charge in [0.1, 0.15) is 5.15 Å². The van der Waals surface area contributed by atoms with Crippen LogP contribution in [0.3, 0.4) is 0 Å². The normalized spacial score (nSPS) is 14.9. The zero-order chi connectivity index (χ0) is 19.6. The van der Waals surface area contributed by atoms with Gasteiger partial charge in [-0.3, -0.25) is 4.79 Å². The predicted molar refractivity (Wildman–Crippen MR) is 99.4 cm³/mol. The molecule has 0 aliphatic carbocycles. The lowest BCUT2D eigenvalue weighted by Gasteiger charge is -2.29. The van der Waals surface area contributed by atoms with Crippen LogP contribution < -0.4 is 10.2 Å². The average Bonchev–Trinajstić information content (AvgIpc) is 2.64. The van der Waals surface area contributed by atoms with Crippen molar-refractivity contribution in [2.45, 2.75) is 6.18 Å². The number of hydrogen-bond acceptors (Lipinski definition) is 4. The molecular weight excluding hydrogens is 451 g/mol. The number of carbonyl (C=O) groups is 1. The van der Waals surface area contributed by atoms with Gasteiger partial charge in [0.25, 0.3) is 5.91 Å². The highest BCUT2D eigenvalue weighted by Crippen LogP contribution is 2.38. The van der Waals surface area contributed by atoms with Crippen molar-refractivity contribution in [3.8, 4) is 0 Å². The van der Waals surface area contributed by atoms with E-state index >= 15 is 0 Å². The monoisotopic (exact) mass is 463 g/mol. The Labute approximate surface area is 166 Å². The molecule has 3 rings (SSSR count). The maximum Gasteiger partial charge on any atom is 0.418 e. The van der Waals surface area contributed by atoms with Crippen molar-refractivity contribution >= 4 is 44.8 Å². The molecule has 5 nitrogen and oxygen atoms in total. The minimum absolute atomic E-state index is 0.0311. The second-order valence-electron chi connectivity index (χ2n) is 5.77. The number of amides is 1. The summed E-state index contributed by atoms with van der Waals surface area (Å²) in [5.74, 6) is -0.779. The highest BCUT2D eigenvalue weighted by atomic mass is 79.9. The van der Waals surface area contributed by atoms with Gasteiger partial charge >= 0.3 is 6.18 Å². The summed E-state index contributed by atoms with van der Waals surface area (Å²) in [5.41, 5.74) is -0.887. The fourth-order valence-corrected chi connectivity index (χ4v) is 3.19. The molecule has 10 heteroatoms. The third-order valence-corrected chi connectivity index (χ3v) is 4.72. The van der Waals surface area contributed by atoms with Crippen molar-refractivity contribution in [3.05, 3.63) is 51.2 Å². The Kier molecular flexibility index (Phi) is 5.92. The number of halogens is 5. The van der Waals surface area contributed by atoms with Gasteiger partial charge in [0.05, 0.1) is 30.0 Å². The first-order chi connectivity index (χ1) is 12.8. The maximum absolute atomic E-state index is 13.6. The Morgan fingerprint density at radius 2 is 1.96 bits per heavy atom. The van der Waals surface area contributed by atoms with Crippen LogP contribution in [0.2, 0.25) is 5.15 Å². The number of hydrogen-bond donors (Lipinski definition) is 1. The molecular formula is C17H14BrClF3N3O2.